The minimum atomic E-state index is 0.101. The second-order valence-corrected chi connectivity index (χ2v) is 6.19. The second-order valence-electron chi connectivity index (χ2n) is 3.91. The number of hydrogen-bond acceptors (Lipinski definition) is 2. The normalized spacial score (nSPS) is 10.3. The number of hydrogen-bond donors (Lipinski definition) is 0. The predicted molar refractivity (Wildman–Crippen MR) is 83.9 cm³/mol. The molecule has 0 fully saturated rings. The molecule has 0 saturated carbocycles. The molecule has 1 amide bonds. The van der Waals surface area contributed by atoms with Crippen LogP contribution in [0, 0.1) is 3.57 Å². The number of carbonyl (C=O) groups is 1. The number of rotatable bonds is 4. The van der Waals surface area contributed by atoms with Crippen LogP contribution in [0.25, 0.3) is 0 Å². The lowest BCUT2D eigenvalue weighted by Crippen LogP contribution is -2.30. The maximum absolute atomic E-state index is 12.4. The van der Waals surface area contributed by atoms with Crippen LogP contribution in [0.3, 0.4) is 0 Å². The van der Waals surface area contributed by atoms with Crippen molar-refractivity contribution in [2.45, 2.75) is 13.5 Å². The van der Waals surface area contributed by atoms with Gasteiger partial charge in [0, 0.05) is 20.6 Å². The van der Waals surface area contributed by atoms with Crippen LogP contribution in [0.5, 0.6) is 0 Å². The van der Waals surface area contributed by atoms with Gasteiger partial charge in [0.15, 0.2) is 0 Å². The van der Waals surface area contributed by atoms with Crippen molar-refractivity contribution in [2.75, 3.05) is 6.54 Å². The van der Waals surface area contributed by atoms with E-state index in [1.54, 1.807) is 11.3 Å². The Bertz CT molecular complexity index is 524. The fourth-order valence-electron chi connectivity index (χ4n) is 1.72. The van der Waals surface area contributed by atoms with E-state index in [4.69, 9.17) is 0 Å². The highest BCUT2D eigenvalue weighted by Gasteiger charge is 2.14. The number of carbonyl (C=O) groups excluding carboxylic acids is 1. The highest BCUT2D eigenvalue weighted by atomic mass is 127. The molecule has 0 aliphatic carbocycles. The molecule has 0 bridgehead atoms. The summed E-state index contributed by atoms with van der Waals surface area (Å²) in [6.07, 6.45) is 0. The average molecular weight is 371 g/mol. The van der Waals surface area contributed by atoms with Crippen molar-refractivity contribution in [3.8, 4) is 0 Å². The van der Waals surface area contributed by atoms with Crippen LogP contribution < -0.4 is 0 Å². The number of nitrogens with zero attached hydrogens (tertiary/aromatic N) is 1. The summed E-state index contributed by atoms with van der Waals surface area (Å²) in [5, 5.41) is 2.04. The lowest BCUT2D eigenvalue weighted by atomic mass is 10.2. The number of benzene rings is 1. The lowest BCUT2D eigenvalue weighted by molar-refractivity contribution is 0.0754. The summed E-state index contributed by atoms with van der Waals surface area (Å²) < 4.78 is 1.09. The molecule has 0 aliphatic heterocycles. The van der Waals surface area contributed by atoms with Crippen LogP contribution in [-0.4, -0.2) is 17.4 Å². The highest BCUT2D eigenvalue weighted by Crippen LogP contribution is 2.15. The Morgan fingerprint density at radius 3 is 2.78 bits per heavy atom. The van der Waals surface area contributed by atoms with Gasteiger partial charge in [0.2, 0.25) is 0 Å². The quantitative estimate of drug-likeness (QED) is 0.744. The maximum atomic E-state index is 12.4. The van der Waals surface area contributed by atoms with Crippen molar-refractivity contribution >= 4 is 39.8 Å². The van der Waals surface area contributed by atoms with Gasteiger partial charge in [-0.3, -0.25) is 4.79 Å². The van der Waals surface area contributed by atoms with Crippen LogP contribution >= 0.6 is 33.9 Å². The first kappa shape index (κ1) is 13.5. The molecular weight excluding hydrogens is 357 g/mol. The van der Waals surface area contributed by atoms with Gasteiger partial charge in [-0.05, 0) is 59.2 Å². The molecule has 18 heavy (non-hydrogen) atoms. The maximum Gasteiger partial charge on any atom is 0.254 e. The molecule has 0 aliphatic rings. The highest BCUT2D eigenvalue weighted by molar-refractivity contribution is 14.1. The van der Waals surface area contributed by atoms with Gasteiger partial charge in [-0.15, -0.1) is 11.3 Å². The second kappa shape index (κ2) is 6.33. The van der Waals surface area contributed by atoms with Crippen molar-refractivity contribution in [2.24, 2.45) is 0 Å². The molecule has 0 N–H and O–H groups in total. The first-order valence-corrected chi connectivity index (χ1v) is 7.73. The SMILES string of the molecule is CCN(Cc1cccs1)C(=O)c1cccc(I)c1. The van der Waals surface area contributed by atoms with Crippen molar-refractivity contribution in [3.63, 3.8) is 0 Å². The van der Waals surface area contributed by atoms with Gasteiger partial charge in [0.05, 0.1) is 6.54 Å². The van der Waals surface area contributed by atoms with Crippen LogP contribution in [0.15, 0.2) is 41.8 Å². The Kier molecular flexibility index (Phi) is 4.77. The van der Waals surface area contributed by atoms with Crippen LogP contribution in [0.1, 0.15) is 22.2 Å². The topological polar surface area (TPSA) is 20.3 Å². The molecule has 2 rings (SSSR count). The fourth-order valence-corrected chi connectivity index (χ4v) is 2.98. The van der Waals surface area contributed by atoms with E-state index >= 15 is 0 Å². The van der Waals surface area contributed by atoms with Gasteiger partial charge in [0.25, 0.3) is 5.91 Å². The lowest BCUT2D eigenvalue weighted by Gasteiger charge is -2.20. The molecule has 1 aromatic carbocycles. The summed E-state index contributed by atoms with van der Waals surface area (Å²) in [5.41, 5.74) is 0.764. The van der Waals surface area contributed by atoms with E-state index in [1.807, 2.05) is 47.5 Å². The minimum absolute atomic E-state index is 0.101. The number of thiophene rings is 1. The molecule has 2 nitrogen and oxygen atoms in total. The van der Waals surface area contributed by atoms with Gasteiger partial charge in [-0.25, -0.2) is 0 Å². The van der Waals surface area contributed by atoms with E-state index in [0.29, 0.717) is 6.54 Å². The Morgan fingerprint density at radius 2 is 2.17 bits per heavy atom. The fraction of sp³-hybridized carbons (Fsp3) is 0.214. The minimum Gasteiger partial charge on any atom is -0.334 e. The molecular formula is C14H14INOS. The zero-order valence-corrected chi connectivity index (χ0v) is 13.1. The number of halogens is 1. The molecule has 94 valence electrons. The molecule has 2 aromatic rings. The monoisotopic (exact) mass is 371 g/mol. The van der Waals surface area contributed by atoms with Crippen molar-refractivity contribution < 1.29 is 4.79 Å². The molecule has 0 radical (unpaired) electrons. The summed E-state index contributed by atoms with van der Waals surface area (Å²) in [5.74, 6) is 0.101. The molecule has 0 spiro atoms. The zero-order chi connectivity index (χ0) is 13.0. The summed E-state index contributed by atoms with van der Waals surface area (Å²) in [6, 6.07) is 11.8. The van der Waals surface area contributed by atoms with Crippen molar-refractivity contribution in [1.29, 1.82) is 0 Å². The first-order valence-electron chi connectivity index (χ1n) is 5.78. The largest absolute Gasteiger partial charge is 0.334 e. The van der Waals surface area contributed by atoms with Gasteiger partial charge in [-0.2, -0.15) is 0 Å². The smallest absolute Gasteiger partial charge is 0.254 e. The van der Waals surface area contributed by atoms with Crippen LogP contribution in [0.2, 0.25) is 0 Å². The van der Waals surface area contributed by atoms with E-state index in [-0.39, 0.29) is 5.91 Å². The first-order chi connectivity index (χ1) is 8.70. The van der Waals surface area contributed by atoms with Gasteiger partial charge < -0.3 is 4.90 Å². The summed E-state index contributed by atoms with van der Waals surface area (Å²) in [4.78, 5) is 15.5. The molecule has 1 heterocycles. The van der Waals surface area contributed by atoms with Crippen molar-refractivity contribution in [3.05, 3.63) is 55.8 Å². The van der Waals surface area contributed by atoms with E-state index in [2.05, 4.69) is 28.7 Å². The van der Waals surface area contributed by atoms with E-state index < -0.39 is 0 Å². The van der Waals surface area contributed by atoms with E-state index in [1.165, 1.54) is 4.88 Å². The average Bonchev–Trinajstić information content (AvgIpc) is 2.88. The molecule has 0 saturated heterocycles. The third-order valence-corrected chi connectivity index (χ3v) is 4.20. The Morgan fingerprint density at radius 1 is 1.33 bits per heavy atom. The van der Waals surface area contributed by atoms with Crippen LogP contribution in [-0.2, 0) is 6.54 Å². The molecule has 0 atom stereocenters. The van der Waals surface area contributed by atoms with E-state index in [9.17, 15) is 4.79 Å². The third kappa shape index (κ3) is 3.32. The Hall–Kier alpha value is -0.880. The third-order valence-electron chi connectivity index (χ3n) is 2.67. The van der Waals surface area contributed by atoms with Gasteiger partial charge in [0.1, 0.15) is 0 Å². The number of amides is 1. The molecule has 4 heteroatoms. The van der Waals surface area contributed by atoms with E-state index in [0.717, 1.165) is 15.7 Å². The summed E-state index contributed by atoms with van der Waals surface area (Å²) in [6.45, 7) is 3.43. The molecule has 0 unspecified atom stereocenters. The predicted octanol–water partition coefficient (Wildman–Crippen LogP) is 4.02. The molecule has 1 aromatic heterocycles. The standard InChI is InChI=1S/C14H14INOS/c1-2-16(10-13-7-4-8-18-13)14(17)11-5-3-6-12(15)9-11/h3-9H,2,10H2,1H3. The van der Waals surface area contributed by atoms with Gasteiger partial charge in [-0.1, -0.05) is 12.1 Å². The Labute approximate surface area is 125 Å². The summed E-state index contributed by atoms with van der Waals surface area (Å²) in [7, 11) is 0. The Balaban J connectivity index is 2.15. The van der Waals surface area contributed by atoms with Crippen LogP contribution in [0.4, 0.5) is 0 Å². The zero-order valence-electron chi connectivity index (χ0n) is 10.1. The van der Waals surface area contributed by atoms with Gasteiger partial charge >= 0.3 is 0 Å². The summed E-state index contributed by atoms with van der Waals surface area (Å²) >= 11 is 3.92. The van der Waals surface area contributed by atoms with Crippen molar-refractivity contribution in [1.82, 2.24) is 4.90 Å².